The number of aromatic nitrogens is 3. The molecule has 8 nitrogen and oxygen atoms in total. The lowest BCUT2D eigenvalue weighted by atomic mass is 10.1. The number of amides is 1. The number of hydrogen-bond donors (Lipinski definition) is 0. The predicted octanol–water partition coefficient (Wildman–Crippen LogP) is 3.67. The van der Waals surface area contributed by atoms with E-state index in [1.807, 2.05) is 35.4 Å². The molecule has 1 fully saturated rings. The Labute approximate surface area is 207 Å². The number of ether oxygens (including phenoxy) is 1. The monoisotopic (exact) mass is 482 g/mol. The largest absolute Gasteiger partial charge is 0.492 e. The first kappa shape index (κ1) is 22.5. The molecule has 174 valence electrons. The van der Waals surface area contributed by atoms with Crippen molar-refractivity contribution in [1.82, 2.24) is 19.5 Å². The SMILES string of the molecule is C#Cc1cc(C(=O)N2CCN(c3ccc(-c4cc(OCC)cn5ncc(C#N)c45)cn3)CC2)cs1. The van der Waals surface area contributed by atoms with Crippen molar-refractivity contribution in [3.05, 3.63) is 64.2 Å². The fourth-order valence-corrected chi connectivity index (χ4v) is 4.91. The van der Waals surface area contributed by atoms with Gasteiger partial charge in [0, 0.05) is 48.9 Å². The van der Waals surface area contributed by atoms with E-state index in [2.05, 4.69) is 22.0 Å². The zero-order chi connectivity index (χ0) is 24.4. The first-order valence-electron chi connectivity index (χ1n) is 11.2. The van der Waals surface area contributed by atoms with Gasteiger partial charge in [-0.15, -0.1) is 17.8 Å². The lowest BCUT2D eigenvalue weighted by Crippen LogP contribution is -2.49. The van der Waals surface area contributed by atoms with Crippen LogP contribution in [-0.2, 0) is 0 Å². The van der Waals surface area contributed by atoms with Crippen molar-refractivity contribution < 1.29 is 9.53 Å². The van der Waals surface area contributed by atoms with E-state index in [4.69, 9.17) is 16.1 Å². The molecule has 5 rings (SSSR count). The molecule has 9 heteroatoms. The average Bonchev–Trinajstić information content (AvgIpc) is 3.55. The van der Waals surface area contributed by atoms with Crippen LogP contribution in [0.25, 0.3) is 16.6 Å². The fraction of sp³-hybridized carbons (Fsp3) is 0.231. The molecular formula is C26H22N6O2S. The van der Waals surface area contributed by atoms with Gasteiger partial charge in [-0.3, -0.25) is 4.79 Å². The number of anilines is 1. The molecule has 0 aliphatic carbocycles. The lowest BCUT2D eigenvalue weighted by molar-refractivity contribution is 0.0747. The normalized spacial score (nSPS) is 13.5. The molecule has 4 aromatic heterocycles. The highest BCUT2D eigenvalue weighted by Gasteiger charge is 2.24. The molecule has 0 radical (unpaired) electrons. The number of carbonyl (C=O) groups is 1. The summed E-state index contributed by atoms with van der Waals surface area (Å²) in [6.45, 7) is 5.06. The highest BCUT2D eigenvalue weighted by molar-refractivity contribution is 7.10. The van der Waals surface area contributed by atoms with Gasteiger partial charge in [-0.1, -0.05) is 5.92 Å². The highest BCUT2D eigenvalue weighted by atomic mass is 32.1. The summed E-state index contributed by atoms with van der Waals surface area (Å²) in [6.07, 6.45) is 10.6. The second-order valence-corrected chi connectivity index (χ2v) is 8.93. The molecule has 5 heterocycles. The molecule has 0 N–H and O–H groups in total. The van der Waals surface area contributed by atoms with E-state index < -0.39 is 0 Å². The number of thiophene rings is 1. The lowest BCUT2D eigenvalue weighted by Gasteiger charge is -2.35. The van der Waals surface area contributed by atoms with Gasteiger partial charge in [0.25, 0.3) is 5.91 Å². The molecule has 0 spiro atoms. The molecule has 35 heavy (non-hydrogen) atoms. The number of nitrogens with zero attached hydrogens (tertiary/aromatic N) is 6. The Bertz CT molecular complexity index is 1470. The van der Waals surface area contributed by atoms with Crippen LogP contribution < -0.4 is 9.64 Å². The van der Waals surface area contributed by atoms with Gasteiger partial charge < -0.3 is 14.5 Å². The second kappa shape index (κ2) is 9.49. The second-order valence-electron chi connectivity index (χ2n) is 8.01. The number of piperazine rings is 1. The number of nitriles is 1. The van der Waals surface area contributed by atoms with Crippen LogP contribution in [-0.4, -0.2) is 58.2 Å². The quantitative estimate of drug-likeness (QED) is 0.404. The van der Waals surface area contributed by atoms with Gasteiger partial charge in [-0.2, -0.15) is 10.4 Å². The fourth-order valence-electron chi connectivity index (χ4n) is 4.22. The van der Waals surface area contributed by atoms with Crippen molar-refractivity contribution in [3.8, 4) is 35.3 Å². The van der Waals surface area contributed by atoms with Crippen LogP contribution in [0.5, 0.6) is 5.75 Å². The van der Waals surface area contributed by atoms with E-state index in [0.29, 0.717) is 49.7 Å². The molecule has 0 bridgehead atoms. The minimum Gasteiger partial charge on any atom is -0.492 e. The van der Waals surface area contributed by atoms with Gasteiger partial charge in [0.2, 0.25) is 0 Å². The predicted molar refractivity (Wildman–Crippen MR) is 135 cm³/mol. The number of hydrogen-bond acceptors (Lipinski definition) is 7. The highest BCUT2D eigenvalue weighted by Crippen LogP contribution is 2.31. The van der Waals surface area contributed by atoms with Crippen LogP contribution in [0, 0.1) is 23.7 Å². The van der Waals surface area contributed by atoms with E-state index in [1.165, 1.54) is 11.3 Å². The summed E-state index contributed by atoms with van der Waals surface area (Å²) in [5, 5.41) is 15.7. The number of rotatable bonds is 5. The average molecular weight is 483 g/mol. The summed E-state index contributed by atoms with van der Waals surface area (Å²) in [5.74, 6) is 4.11. The first-order valence-corrected chi connectivity index (χ1v) is 12.1. The molecule has 0 saturated carbocycles. The molecule has 1 amide bonds. The van der Waals surface area contributed by atoms with Crippen molar-refractivity contribution in [3.63, 3.8) is 0 Å². The Kier molecular flexibility index (Phi) is 6.09. The van der Waals surface area contributed by atoms with Crippen LogP contribution in [0.4, 0.5) is 5.82 Å². The van der Waals surface area contributed by atoms with Gasteiger partial charge in [-0.25, -0.2) is 9.50 Å². The van der Waals surface area contributed by atoms with Gasteiger partial charge in [0.1, 0.15) is 17.6 Å². The van der Waals surface area contributed by atoms with Crippen molar-refractivity contribution in [2.75, 3.05) is 37.7 Å². The van der Waals surface area contributed by atoms with E-state index in [-0.39, 0.29) is 5.91 Å². The molecular weight excluding hydrogens is 460 g/mol. The Balaban J connectivity index is 1.33. The topological polar surface area (TPSA) is 86.8 Å². The van der Waals surface area contributed by atoms with Crippen molar-refractivity contribution >= 4 is 28.6 Å². The summed E-state index contributed by atoms with van der Waals surface area (Å²) in [6, 6.07) is 9.86. The summed E-state index contributed by atoms with van der Waals surface area (Å²) in [5.41, 5.74) is 3.57. The van der Waals surface area contributed by atoms with Crippen molar-refractivity contribution in [2.24, 2.45) is 0 Å². The number of carbonyl (C=O) groups excluding carboxylic acids is 1. The van der Waals surface area contributed by atoms with E-state index in [1.54, 1.807) is 29.2 Å². The van der Waals surface area contributed by atoms with Gasteiger partial charge in [-0.05, 0) is 31.2 Å². The molecule has 0 unspecified atom stereocenters. The minimum atomic E-state index is 0.0120. The maximum Gasteiger partial charge on any atom is 0.254 e. The van der Waals surface area contributed by atoms with E-state index in [0.717, 1.165) is 27.3 Å². The Morgan fingerprint density at radius 2 is 2.06 bits per heavy atom. The molecule has 0 aromatic carbocycles. The summed E-state index contributed by atoms with van der Waals surface area (Å²) in [4.78, 5) is 22.2. The molecule has 0 atom stereocenters. The Hall–Kier alpha value is -4.34. The molecule has 1 aliphatic rings. The first-order chi connectivity index (χ1) is 17.1. The number of pyridine rings is 2. The standard InChI is InChI=1S/C26H22N6O2S/c1-3-22-11-19(17-35-22)26(33)31-9-7-30(8-10-31)24-6-5-18(14-28-24)23-12-21(34-4-2)16-32-25(23)20(13-27)15-29-32/h1,5-6,11-12,14-17H,4,7-10H2,2H3. The summed E-state index contributed by atoms with van der Waals surface area (Å²) < 4.78 is 7.36. The molecule has 1 saturated heterocycles. The van der Waals surface area contributed by atoms with E-state index >= 15 is 0 Å². The third-order valence-electron chi connectivity index (χ3n) is 5.96. The zero-order valence-electron chi connectivity index (χ0n) is 19.1. The van der Waals surface area contributed by atoms with Crippen molar-refractivity contribution in [2.45, 2.75) is 6.92 Å². The zero-order valence-corrected chi connectivity index (χ0v) is 20.0. The smallest absolute Gasteiger partial charge is 0.254 e. The Morgan fingerprint density at radius 3 is 2.71 bits per heavy atom. The summed E-state index contributed by atoms with van der Waals surface area (Å²) >= 11 is 1.41. The summed E-state index contributed by atoms with van der Waals surface area (Å²) in [7, 11) is 0. The van der Waals surface area contributed by atoms with Gasteiger partial charge >= 0.3 is 0 Å². The van der Waals surface area contributed by atoms with Crippen LogP contribution in [0.15, 0.2) is 48.2 Å². The molecule has 1 aliphatic heterocycles. The van der Waals surface area contributed by atoms with E-state index in [9.17, 15) is 10.1 Å². The number of terminal acetylenes is 1. The van der Waals surface area contributed by atoms with Crippen LogP contribution in [0.1, 0.15) is 27.7 Å². The maximum atomic E-state index is 12.8. The van der Waals surface area contributed by atoms with Crippen LogP contribution in [0.2, 0.25) is 0 Å². The van der Waals surface area contributed by atoms with Gasteiger partial charge in [0.05, 0.1) is 40.5 Å². The third kappa shape index (κ3) is 4.30. The Morgan fingerprint density at radius 1 is 1.23 bits per heavy atom. The van der Waals surface area contributed by atoms with Crippen LogP contribution >= 0.6 is 11.3 Å². The van der Waals surface area contributed by atoms with Crippen molar-refractivity contribution in [1.29, 1.82) is 5.26 Å². The number of fused-ring (bicyclic) bond motifs is 1. The van der Waals surface area contributed by atoms with Crippen LogP contribution in [0.3, 0.4) is 0 Å². The minimum absolute atomic E-state index is 0.0120. The third-order valence-corrected chi connectivity index (χ3v) is 6.82. The van der Waals surface area contributed by atoms with Gasteiger partial charge in [0.15, 0.2) is 0 Å². The maximum absolute atomic E-state index is 12.8. The molecule has 4 aromatic rings.